The van der Waals surface area contributed by atoms with Gasteiger partial charge in [-0.25, -0.2) is 0 Å². The molecule has 1 aliphatic carbocycles. The SMILES string of the molecule is COC1CCC1N=[N+]=[N-]. The summed E-state index contributed by atoms with van der Waals surface area (Å²) in [5.74, 6) is 0. The van der Waals surface area contributed by atoms with Crippen molar-refractivity contribution in [1.82, 2.24) is 0 Å². The van der Waals surface area contributed by atoms with E-state index in [4.69, 9.17) is 10.3 Å². The lowest BCUT2D eigenvalue weighted by molar-refractivity contribution is 0.0215. The highest BCUT2D eigenvalue weighted by Crippen LogP contribution is 2.25. The molecule has 50 valence electrons. The fourth-order valence-electron chi connectivity index (χ4n) is 0.925. The quantitative estimate of drug-likeness (QED) is 0.315. The monoisotopic (exact) mass is 127 g/mol. The van der Waals surface area contributed by atoms with E-state index in [1.54, 1.807) is 7.11 Å². The average Bonchev–Trinajstić information content (AvgIpc) is 1.82. The molecule has 0 aromatic heterocycles. The van der Waals surface area contributed by atoms with Crippen molar-refractivity contribution in [3.8, 4) is 0 Å². The van der Waals surface area contributed by atoms with Crippen LogP contribution in [-0.4, -0.2) is 19.3 Å². The van der Waals surface area contributed by atoms with Crippen LogP contribution < -0.4 is 0 Å². The van der Waals surface area contributed by atoms with Gasteiger partial charge in [-0.2, -0.15) is 0 Å². The Morgan fingerprint density at radius 3 is 2.78 bits per heavy atom. The molecule has 0 amide bonds. The Kier molecular flexibility index (Phi) is 1.92. The van der Waals surface area contributed by atoms with E-state index in [2.05, 4.69) is 10.0 Å². The molecule has 0 saturated heterocycles. The highest BCUT2D eigenvalue weighted by atomic mass is 16.5. The van der Waals surface area contributed by atoms with Gasteiger partial charge in [0, 0.05) is 12.0 Å². The van der Waals surface area contributed by atoms with Gasteiger partial charge in [-0.3, -0.25) is 0 Å². The van der Waals surface area contributed by atoms with E-state index >= 15 is 0 Å². The number of rotatable bonds is 2. The summed E-state index contributed by atoms with van der Waals surface area (Å²) in [5.41, 5.74) is 8.02. The van der Waals surface area contributed by atoms with Gasteiger partial charge in [-0.15, -0.1) is 0 Å². The van der Waals surface area contributed by atoms with Gasteiger partial charge in [0.05, 0.1) is 12.1 Å². The standard InChI is InChI=1S/C5H9N3O/c1-9-5-3-2-4(5)7-8-6/h4-5H,2-3H2,1H3. The summed E-state index contributed by atoms with van der Waals surface area (Å²) in [6, 6.07) is 0.0972. The number of methoxy groups -OCH3 is 1. The molecule has 0 bridgehead atoms. The van der Waals surface area contributed by atoms with E-state index in [0.29, 0.717) is 0 Å². The normalized spacial score (nSPS) is 32.6. The van der Waals surface area contributed by atoms with E-state index in [1.807, 2.05) is 0 Å². The molecule has 1 saturated carbocycles. The third kappa shape index (κ3) is 1.15. The minimum Gasteiger partial charge on any atom is -0.381 e. The summed E-state index contributed by atoms with van der Waals surface area (Å²) < 4.78 is 4.99. The summed E-state index contributed by atoms with van der Waals surface area (Å²) in [7, 11) is 1.64. The van der Waals surface area contributed by atoms with Gasteiger partial charge in [-0.05, 0) is 18.4 Å². The Morgan fingerprint density at radius 2 is 2.44 bits per heavy atom. The zero-order valence-electron chi connectivity index (χ0n) is 5.32. The summed E-state index contributed by atoms with van der Waals surface area (Å²) in [5, 5.41) is 3.54. The van der Waals surface area contributed by atoms with Crippen molar-refractivity contribution in [3.63, 3.8) is 0 Å². The molecular formula is C5H9N3O. The van der Waals surface area contributed by atoms with E-state index in [9.17, 15) is 0 Å². The summed E-state index contributed by atoms with van der Waals surface area (Å²) in [6.07, 6.45) is 2.18. The first-order chi connectivity index (χ1) is 4.38. The van der Waals surface area contributed by atoms with Crippen molar-refractivity contribution in [3.05, 3.63) is 10.4 Å². The molecule has 1 rings (SSSR count). The van der Waals surface area contributed by atoms with Crippen LogP contribution in [0.4, 0.5) is 0 Å². The van der Waals surface area contributed by atoms with Crippen LogP contribution in [0.15, 0.2) is 5.11 Å². The van der Waals surface area contributed by atoms with Crippen molar-refractivity contribution in [2.75, 3.05) is 7.11 Å². The zero-order valence-corrected chi connectivity index (χ0v) is 5.32. The average molecular weight is 127 g/mol. The van der Waals surface area contributed by atoms with Crippen molar-refractivity contribution in [1.29, 1.82) is 0 Å². The van der Waals surface area contributed by atoms with E-state index in [0.717, 1.165) is 12.8 Å². The predicted octanol–water partition coefficient (Wildman–Crippen LogP) is 1.47. The van der Waals surface area contributed by atoms with Crippen LogP contribution in [0.5, 0.6) is 0 Å². The Labute approximate surface area is 53.4 Å². The van der Waals surface area contributed by atoms with Crippen molar-refractivity contribution in [2.24, 2.45) is 5.11 Å². The first-order valence-electron chi connectivity index (χ1n) is 2.95. The van der Waals surface area contributed by atoms with Crippen molar-refractivity contribution >= 4 is 0 Å². The van der Waals surface area contributed by atoms with Gasteiger partial charge in [0.1, 0.15) is 0 Å². The highest BCUT2D eigenvalue weighted by molar-refractivity contribution is 4.87. The Balaban J connectivity index is 2.35. The topological polar surface area (TPSA) is 58.0 Å². The molecule has 2 unspecified atom stereocenters. The van der Waals surface area contributed by atoms with Crippen LogP contribution in [0.25, 0.3) is 10.4 Å². The summed E-state index contributed by atoms with van der Waals surface area (Å²) >= 11 is 0. The first kappa shape index (κ1) is 6.39. The minimum absolute atomic E-state index is 0.0972. The van der Waals surface area contributed by atoms with Gasteiger partial charge in [0.25, 0.3) is 0 Å². The molecule has 1 aliphatic rings. The molecule has 0 aliphatic heterocycles. The Bertz CT molecular complexity index is 139. The molecule has 9 heavy (non-hydrogen) atoms. The predicted molar refractivity (Wildman–Crippen MR) is 33.0 cm³/mol. The van der Waals surface area contributed by atoms with Crippen LogP contribution in [-0.2, 0) is 4.74 Å². The molecule has 4 heteroatoms. The molecule has 2 atom stereocenters. The van der Waals surface area contributed by atoms with Crippen LogP contribution in [0, 0.1) is 0 Å². The lowest BCUT2D eigenvalue weighted by Crippen LogP contribution is -2.36. The lowest BCUT2D eigenvalue weighted by atomic mass is 9.90. The highest BCUT2D eigenvalue weighted by Gasteiger charge is 2.29. The van der Waals surface area contributed by atoms with Gasteiger partial charge < -0.3 is 4.74 Å². The summed E-state index contributed by atoms with van der Waals surface area (Å²) in [4.78, 5) is 2.70. The first-order valence-corrected chi connectivity index (χ1v) is 2.95. The van der Waals surface area contributed by atoms with Crippen LogP contribution >= 0.6 is 0 Å². The maximum Gasteiger partial charge on any atom is 0.0656 e. The van der Waals surface area contributed by atoms with Gasteiger partial charge in [-0.1, -0.05) is 5.11 Å². The second kappa shape index (κ2) is 2.71. The van der Waals surface area contributed by atoms with Crippen molar-refractivity contribution < 1.29 is 4.74 Å². The Morgan fingerprint density at radius 1 is 1.67 bits per heavy atom. The van der Waals surface area contributed by atoms with Crippen LogP contribution in [0.1, 0.15) is 12.8 Å². The molecular weight excluding hydrogens is 118 g/mol. The lowest BCUT2D eigenvalue weighted by Gasteiger charge is -2.31. The maximum atomic E-state index is 8.02. The fourth-order valence-corrected chi connectivity index (χ4v) is 0.925. The number of nitrogens with zero attached hydrogens (tertiary/aromatic N) is 3. The van der Waals surface area contributed by atoms with Crippen molar-refractivity contribution in [2.45, 2.75) is 25.0 Å². The third-order valence-electron chi connectivity index (χ3n) is 1.68. The summed E-state index contributed by atoms with van der Waals surface area (Å²) in [6.45, 7) is 0. The van der Waals surface area contributed by atoms with Gasteiger partial charge in [0.2, 0.25) is 0 Å². The maximum absolute atomic E-state index is 8.02. The van der Waals surface area contributed by atoms with Gasteiger partial charge in [0.15, 0.2) is 0 Å². The molecule has 4 nitrogen and oxygen atoms in total. The van der Waals surface area contributed by atoms with E-state index in [-0.39, 0.29) is 12.1 Å². The second-order valence-corrected chi connectivity index (χ2v) is 2.12. The van der Waals surface area contributed by atoms with E-state index in [1.165, 1.54) is 0 Å². The Hall–Kier alpha value is -0.730. The second-order valence-electron chi connectivity index (χ2n) is 2.12. The van der Waals surface area contributed by atoms with Crippen LogP contribution in [0.2, 0.25) is 0 Å². The van der Waals surface area contributed by atoms with Crippen LogP contribution in [0.3, 0.4) is 0 Å². The van der Waals surface area contributed by atoms with E-state index < -0.39 is 0 Å². The largest absolute Gasteiger partial charge is 0.381 e. The number of hydrogen-bond acceptors (Lipinski definition) is 2. The molecule has 0 heterocycles. The number of ether oxygens (including phenoxy) is 1. The smallest absolute Gasteiger partial charge is 0.0656 e. The van der Waals surface area contributed by atoms with Gasteiger partial charge >= 0.3 is 0 Å². The molecule has 0 spiro atoms. The molecule has 0 radical (unpaired) electrons. The number of hydrogen-bond donors (Lipinski definition) is 0. The zero-order chi connectivity index (χ0) is 6.69. The number of azide groups is 1. The molecule has 0 aromatic rings. The molecule has 0 N–H and O–H groups in total. The molecule has 1 fully saturated rings. The molecule has 0 aromatic carbocycles. The third-order valence-corrected chi connectivity index (χ3v) is 1.68. The fraction of sp³-hybridized carbons (Fsp3) is 1.00. The minimum atomic E-state index is 0.0972.